The topological polar surface area (TPSA) is 21.3 Å². The highest BCUT2D eigenvalue weighted by Gasteiger charge is 2.16. The number of hydrogen-bond donors (Lipinski definition) is 1. The highest BCUT2D eigenvalue weighted by Crippen LogP contribution is 2.19. The van der Waals surface area contributed by atoms with E-state index in [2.05, 4.69) is 12.2 Å². The predicted molar refractivity (Wildman–Crippen MR) is 73.3 cm³/mol. The average Bonchev–Trinajstić information content (AvgIpc) is 2.32. The molecule has 0 aliphatic rings. The third-order valence-electron chi connectivity index (χ3n) is 2.76. The maximum absolute atomic E-state index is 13.9. The van der Waals surface area contributed by atoms with Gasteiger partial charge in [-0.15, -0.1) is 0 Å². The first kappa shape index (κ1) is 15.1. The fourth-order valence-corrected chi connectivity index (χ4v) is 1.80. The largest absolute Gasteiger partial charge is 0.377 e. The van der Waals surface area contributed by atoms with E-state index in [1.54, 1.807) is 6.07 Å². The summed E-state index contributed by atoms with van der Waals surface area (Å²) in [6, 6.07) is 5.14. The summed E-state index contributed by atoms with van der Waals surface area (Å²) in [5, 5.41) is 3.34. The number of nitrogens with one attached hydrogen (secondary N) is 1. The van der Waals surface area contributed by atoms with E-state index in [0.717, 1.165) is 18.5 Å². The van der Waals surface area contributed by atoms with Crippen LogP contribution in [0, 0.1) is 12.7 Å². The van der Waals surface area contributed by atoms with Crippen molar-refractivity contribution >= 4 is 0 Å². The minimum absolute atomic E-state index is 0.0766. The average molecular weight is 253 g/mol. The summed E-state index contributed by atoms with van der Waals surface area (Å²) in [7, 11) is 0. The zero-order chi connectivity index (χ0) is 13.5. The molecule has 2 nitrogen and oxygen atoms in total. The minimum Gasteiger partial charge on any atom is -0.377 e. The molecule has 0 fully saturated rings. The van der Waals surface area contributed by atoms with E-state index >= 15 is 0 Å². The SMILES string of the molecule is CCCNC(COC(C)C)c1cc(C)ccc1F. The monoisotopic (exact) mass is 253 g/mol. The summed E-state index contributed by atoms with van der Waals surface area (Å²) in [5.74, 6) is -0.165. The van der Waals surface area contributed by atoms with E-state index in [1.807, 2.05) is 26.8 Å². The molecule has 1 rings (SSSR count). The van der Waals surface area contributed by atoms with Gasteiger partial charge < -0.3 is 10.1 Å². The Morgan fingerprint density at radius 3 is 2.67 bits per heavy atom. The molecule has 0 aromatic heterocycles. The second-order valence-electron chi connectivity index (χ2n) is 4.91. The first-order chi connectivity index (χ1) is 8.54. The summed E-state index contributed by atoms with van der Waals surface area (Å²) >= 11 is 0. The Bertz CT molecular complexity index is 366. The molecule has 1 unspecified atom stereocenters. The number of benzene rings is 1. The van der Waals surface area contributed by atoms with Crippen LogP contribution in [0.1, 0.15) is 44.4 Å². The van der Waals surface area contributed by atoms with Crippen LogP contribution in [0.3, 0.4) is 0 Å². The second kappa shape index (κ2) is 7.49. The van der Waals surface area contributed by atoms with Crippen LogP contribution in [0.15, 0.2) is 18.2 Å². The summed E-state index contributed by atoms with van der Waals surface area (Å²) in [4.78, 5) is 0. The molecule has 3 heteroatoms. The van der Waals surface area contributed by atoms with Gasteiger partial charge in [-0.2, -0.15) is 0 Å². The number of rotatable bonds is 7. The highest BCUT2D eigenvalue weighted by molar-refractivity contribution is 5.27. The van der Waals surface area contributed by atoms with Gasteiger partial charge in [0.1, 0.15) is 5.82 Å². The van der Waals surface area contributed by atoms with E-state index < -0.39 is 0 Å². The summed E-state index contributed by atoms with van der Waals surface area (Å²) in [6.45, 7) is 9.41. The van der Waals surface area contributed by atoms with Crippen molar-refractivity contribution in [2.75, 3.05) is 13.2 Å². The van der Waals surface area contributed by atoms with Gasteiger partial charge in [0.25, 0.3) is 0 Å². The minimum atomic E-state index is -0.165. The number of aryl methyl sites for hydroxylation is 1. The van der Waals surface area contributed by atoms with Crippen molar-refractivity contribution in [3.05, 3.63) is 35.1 Å². The van der Waals surface area contributed by atoms with Crippen LogP contribution < -0.4 is 5.32 Å². The second-order valence-corrected chi connectivity index (χ2v) is 4.91. The summed E-state index contributed by atoms with van der Waals surface area (Å²) in [6.07, 6.45) is 1.18. The van der Waals surface area contributed by atoms with Crippen molar-refractivity contribution in [2.45, 2.75) is 46.3 Å². The van der Waals surface area contributed by atoms with Crippen molar-refractivity contribution in [3.8, 4) is 0 Å². The van der Waals surface area contributed by atoms with Gasteiger partial charge in [-0.3, -0.25) is 0 Å². The van der Waals surface area contributed by atoms with Gasteiger partial charge in [0.2, 0.25) is 0 Å². The van der Waals surface area contributed by atoms with Gasteiger partial charge in [-0.1, -0.05) is 24.6 Å². The zero-order valence-corrected chi connectivity index (χ0v) is 11.8. The van der Waals surface area contributed by atoms with Crippen molar-refractivity contribution in [3.63, 3.8) is 0 Å². The van der Waals surface area contributed by atoms with E-state index in [4.69, 9.17) is 4.74 Å². The van der Waals surface area contributed by atoms with Crippen molar-refractivity contribution in [1.29, 1.82) is 0 Å². The molecule has 0 amide bonds. The molecule has 0 spiro atoms. The molecule has 0 aliphatic carbocycles. The fourth-order valence-electron chi connectivity index (χ4n) is 1.80. The van der Waals surface area contributed by atoms with Gasteiger partial charge >= 0.3 is 0 Å². The molecule has 1 aromatic carbocycles. The number of hydrogen-bond acceptors (Lipinski definition) is 2. The Hall–Kier alpha value is -0.930. The number of ether oxygens (including phenoxy) is 1. The predicted octanol–water partition coefficient (Wildman–Crippen LogP) is 3.60. The lowest BCUT2D eigenvalue weighted by Gasteiger charge is -2.21. The van der Waals surface area contributed by atoms with E-state index in [0.29, 0.717) is 12.2 Å². The molecule has 102 valence electrons. The molecule has 1 aromatic rings. The van der Waals surface area contributed by atoms with Gasteiger partial charge in [-0.25, -0.2) is 4.39 Å². The molecule has 0 radical (unpaired) electrons. The lowest BCUT2D eigenvalue weighted by molar-refractivity contribution is 0.0604. The lowest BCUT2D eigenvalue weighted by Crippen LogP contribution is -2.28. The Morgan fingerprint density at radius 1 is 1.33 bits per heavy atom. The van der Waals surface area contributed by atoms with Gasteiger partial charge in [0.05, 0.1) is 18.8 Å². The quantitative estimate of drug-likeness (QED) is 0.801. The third kappa shape index (κ3) is 4.75. The van der Waals surface area contributed by atoms with Crippen LogP contribution >= 0.6 is 0 Å². The molecule has 1 N–H and O–H groups in total. The first-order valence-corrected chi connectivity index (χ1v) is 6.65. The standard InChI is InChI=1S/C15H24FNO/c1-5-8-17-15(10-18-11(2)3)13-9-12(4)6-7-14(13)16/h6-7,9,11,15,17H,5,8,10H2,1-4H3. The highest BCUT2D eigenvalue weighted by atomic mass is 19.1. The summed E-state index contributed by atoms with van der Waals surface area (Å²) < 4.78 is 19.5. The maximum Gasteiger partial charge on any atom is 0.128 e. The van der Waals surface area contributed by atoms with Crippen LogP contribution in [0.4, 0.5) is 4.39 Å². The van der Waals surface area contributed by atoms with Crippen molar-refractivity contribution in [1.82, 2.24) is 5.32 Å². The normalized spacial score (nSPS) is 13.0. The van der Waals surface area contributed by atoms with Gasteiger partial charge in [-0.05, 0) is 39.8 Å². The molecule has 0 bridgehead atoms. The van der Waals surface area contributed by atoms with Crippen LogP contribution in [0.25, 0.3) is 0 Å². The van der Waals surface area contributed by atoms with Crippen LogP contribution in [0.5, 0.6) is 0 Å². The Labute approximate surface area is 110 Å². The molecule has 1 atom stereocenters. The maximum atomic E-state index is 13.9. The molecular formula is C15H24FNO. The van der Waals surface area contributed by atoms with E-state index in [9.17, 15) is 4.39 Å². The van der Waals surface area contributed by atoms with E-state index in [-0.39, 0.29) is 18.0 Å². The fraction of sp³-hybridized carbons (Fsp3) is 0.600. The molecule has 0 heterocycles. The molecule has 0 saturated heterocycles. The summed E-state index contributed by atoms with van der Waals surface area (Å²) in [5.41, 5.74) is 1.77. The molecule has 0 saturated carbocycles. The van der Waals surface area contributed by atoms with Crippen LogP contribution in [-0.2, 0) is 4.74 Å². The Morgan fingerprint density at radius 2 is 2.06 bits per heavy atom. The third-order valence-corrected chi connectivity index (χ3v) is 2.76. The van der Waals surface area contributed by atoms with Gasteiger partial charge in [0.15, 0.2) is 0 Å². The lowest BCUT2D eigenvalue weighted by atomic mass is 10.0. The van der Waals surface area contributed by atoms with Crippen molar-refractivity contribution in [2.24, 2.45) is 0 Å². The number of halogens is 1. The van der Waals surface area contributed by atoms with Crippen molar-refractivity contribution < 1.29 is 9.13 Å². The Balaban J connectivity index is 2.82. The first-order valence-electron chi connectivity index (χ1n) is 6.65. The Kier molecular flexibility index (Phi) is 6.30. The molecular weight excluding hydrogens is 229 g/mol. The molecule has 0 aliphatic heterocycles. The molecule has 18 heavy (non-hydrogen) atoms. The van der Waals surface area contributed by atoms with Gasteiger partial charge in [0, 0.05) is 5.56 Å². The van der Waals surface area contributed by atoms with Crippen LogP contribution in [-0.4, -0.2) is 19.3 Å². The zero-order valence-electron chi connectivity index (χ0n) is 11.8. The van der Waals surface area contributed by atoms with Crippen LogP contribution in [0.2, 0.25) is 0 Å². The smallest absolute Gasteiger partial charge is 0.128 e. The van der Waals surface area contributed by atoms with E-state index in [1.165, 1.54) is 6.07 Å².